The van der Waals surface area contributed by atoms with E-state index in [-0.39, 0.29) is 11.4 Å². The van der Waals surface area contributed by atoms with E-state index in [0.29, 0.717) is 22.5 Å². The van der Waals surface area contributed by atoms with E-state index in [1.54, 1.807) is 19.2 Å². The number of nitrogens with zero attached hydrogens (tertiary/aromatic N) is 1. The maximum Gasteiger partial charge on any atom is 0.0777 e. The van der Waals surface area contributed by atoms with Gasteiger partial charge in [0.25, 0.3) is 0 Å². The fraction of sp³-hybridized carbons (Fsp3) is 0.538. The summed E-state index contributed by atoms with van der Waals surface area (Å²) in [6.07, 6.45) is 0. The molecule has 0 N–H and O–H groups in total. The number of likely N-dealkylation sites (N-methyl/N-ethyl adjacent to an activating group) is 1. The Labute approximate surface area is 134 Å². The number of hydrogen-bond acceptors (Lipinski definition) is 2. The van der Waals surface area contributed by atoms with Crippen LogP contribution in [0.25, 0.3) is 0 Å². The maximum absolute atomic E-state index is 6.55. The summed E-state index contributed by atoms with van der Waals surface area (Å²) in [6.45, 7) is 1.23. The molecule has 0 spiro atoms. The molecule has 0 saturated carbocycles. The Hall–Kier alpha value is 0.300. The van der Waals surface area contributed by atoms with Crippen LogP contribution < -0.4 is 0 Å². The number of methoxy groups -OCH3 is 1. The van der Waals surface area contributed by atoms with Crippen LogP contribution in [-0.4, -0.2) is 44.1 Å². The highest BCUT2D eigenvalue weighted by Gasteiger charge is 2.26. The summed E-state index contributed by atoms with van der Waals surface area (Å²) in [4.78, 5) is 2.07. The van der Waals surface area contributed by atoms with Gasteiger partial charge in [0.15, 0.2) is 0 Å². The third-order valence-corrected chi connectivity index (χ3v) is 4.20. The van der Waals surface area contributed by atoms with Crippen molar-refractivity contribution in [2.45, 2.75) is 11.4 Å². The Bertz CT molecular complexity index is 402. The zero-order valence-electron chi connectivity index (χ0n) is 10.9. The van der Waals surface area contributed by atoms with E-state index in [2.05, 4.69) is 4.90 Å². The Morgan fingerprint density at radius 2 is 2.00 bits per heavy atom. The topological polar surface area (TPSA) is 12.5 Å². The molecule has 1 rings (SSSR count). The van der Waals surface area contributed by atoms with E-state index in [9.17, 15) is 0 Å². The van der Waals surface area contributed by atoms with Gasteiger partial charge in [-0.3, -0.25) is 4.90 Å². The van der Waals surface area contributed by atoms with Gasteiger partial charge in [-0.15, -0.1) is 23.2 Å². The summed E-state index contributed by atoms with van der Waals surface area (Å²) >= 11 is 24.4. The molecule has 0 radical (unpaired) electrons. The number of ether oxygens (including phenoxy) is 1. The normalized spacial score (nSPS) is 14.7. The molecule has 0 aromatic heterocycles. The monoisotopic (exact) mass is 343 g/mol. The highest BCUT2D eigenvalue weighted by molar-refractivity contribution is 6.35. The van der Waals surface area contributed by atoms with Crippen molar-refractivity contribution in [3.05, 3.63) is 33.8 Å². The Morgan fingerprint density at radius 3 is 2.53 bits per heavy atom. The lowest BCUT2D eigenvalue weighted by atomic mass is 10.0. The Balaban J connectivity index is 2.94. The predicted octanol–water partition coefficient (Wildman–Crippen LogP) is 4.46. The van der Waals surface area contributed by atoms with E-state index in [0.717, 1.165) is 12.1 Å². The van der Waals surface area contributed by atoms with E-state index in [1.165, 1.54) is 0 Å². The first-order chi connectivity index (χ1) is 9.01. The van der Waals surface area contributed by atoms with Gasteiger partial charge in [-0.1, -0.05) is 29.3 Å². The molecule has 6 heteroatoms. The first-order valence-corrected chi connectivity index (χ1v) is 7.58. The Morgan fingerprint density at radius 1 is 1.32 bits per heavy atom. The predicted molar refractivity (Wildman–Crippen MR) is 84.1 cm³/mol. The smallest absolute Gasteiger partial charge is 0.0777 e. The first kappa shape index (κ1) is 17.4. The molecule has 1 aromatic rings. The highest BCUT2D eigenvalue weighted by atomic mass is 35.5. The fourth-order valence-corrected chi connectivity index (χ4v) is 3.14. The molecule has 0 saturated heterocycles. The van der Waals surface area contributed by atoms with Crippen molar-refractivity contribution in [2.75, 3.05) is 33.2 Å². The molecule has 2 atom stereocenters. The van der Waals surface area contributed by atoms with E-state index < -0.39 is 0 Å². The largest absolute Gasteiger partial charge is 0.383 e. The molecule has 2 nitrogen and oxygen atoms in total. The van der Waals surface area contributed by atoms with Crippen molar-refractivity contribution in [1.29, 1.82) is 0 Å². The molecule has 0 bridgehead atoms. The minimum Gasteiger partial charge on any atom is -0.383 e. The highest BCUT2D eigenvalue weighted by Crippen LogP contribution is 2.34. The van der Waals surface area contributed by atoms with Crippen molar-refractivity contribution in [3.8, 4) is 0 Å². The van der Waals surface area contributed by atoms with Gasteiger partial charge in [-0.05, 0) is 24.7 Å². The quantitative estimate of drug-likeness (QED) is 0.677. The van der Waals surface area contributed by atoms with Gasteiger partial charge < -0.3 is 4.74 Å². The van der Waals surface area contributed by atoms with Crippen molar-refractivity contribution < 1.29 is 4.74 Å². The van der Waals surface area contributed by atoms with Gasteiger partial charge >= 0.3 is 0 Å². The molecule has 1 aromatic carbocycles. The van der Waals surface area contributed by atoms with Crippen molar-refractivity contribution >= 4 is 46.4 Å². The third kappa shape index (κ3) is 4.96. The van der Waals surface area contributed by atoms with Crippen LogP contribution in [0, 0.1) is 0 Å². The van der Waals surface area contributed by atoms with Gasteiger partial charge in [-0.25, -0.2) is 0 Å². The summed E-state index contributed by atoms with van der Waals surface area (Å²) in [5.74, 6) is 0.536. The van der Waals surface area contributed by atoms with Gasteiger partial charge in [0.05, 0.1) is 18.0 Å². The molecular formula is C13H17Cl4NO. The van der Waals surface area contributed by atoms with Crippen molar-refractivity contribution in [3.63, 3.8) is 0 Å². The molecule has 2 unspecified atom stereocenters. The molecule has 0 aliphatic heterocycles. The van der Waals surface area contributed by atoms with Crippen molar-refractivity contribution in [2.24, 2.45) is 0 Å². The van der Waals surface area contributed by atoms with E-state index >= 15 is 0 Å². The number of alkyl halides is 2. The van der Waals surface area contributed by atoms with Gasteiger partial charge in [-0.2, -0.15) is 0 Å². The van der Waals surface area contributed by atoms with E-state index in [4.69, 9.17) is 51.1 Å². The number of benzene rings is 1. The molecule has 19 heavy (non-hydrogen) atoms. The van der Waals surface area contributed by atoms with Gasteiger partial charge in [0.2, 0.25) is 0 Å². The molecular weight excluding hydrogens is 328 g/mol. The lowest BCUT2D eigenvalue weighted by Gasteiger charge is -2.31. The molecule has 0 fully saturated rings. The van der Waals surface area contributed by atoms with Crippen LogP contribution in [0.5, 0.6) is 0 Å². The van der Waals surface area contributed by atoms with Crippen LogP contribution in [-0.2, 0) is 4.74 Å². The molecule has 0 heterocycles. The second-order valence-corrected chi connectivity index (χ2v) is 5.95. The van der Waals surface area contributed by atoms with Crippen LogP contribution in [0.1, 0.15) is 10.9 Å². The maximum atomic E-state index is 6.55. The second-order valence-electron chi connectivity index (χ2n) is 4.26. The lowest BCUT2D eigenvalue weighted by molar-refractivity contribution is 0.107. The average molecular weight is 345 g/mol. The summed E-state index contributed by atoms with van der Waals surface area (Å²) < 4.78 is 5.24. The standard InChI is InChI=1S/C13H17Cl4NO/c1-18(6-5-14)12(8-19-2)13(17)10-4-3-9(15)7-11(10)16/h3-4,7,12-13H,5-6,8H2,1-2H3. The van der Waals surface area contributed by atoms with Crippen LogP contribution in [0.2, 0.25) is 10.0 Å². The third-order valence-electron chi connectivity index (χ3n) is 2.94. The fourth-order valence-electron chi connectivity index (χ4n) is 1.84. The van der Waals surface area contributed by atoms with Crippen LogP contribution >= 0.6 is 46.4 Å². The second kappa shape index (κ2) is 8.56. The summed E-state index contributed by atoms with van der Waals surface area (Å²) in [5, 5.41) is 0.862. The minimum absolute atomic E-state index is 0.0101. The average Bonchev–Trinajstić information content (AvgIpc) is 2.35. The van der Waals surface area contributed by atoms with E-state index in [1.807, 2.05) is 13.1 Å². The van der Waals surface area contributed by atoms with Crippen LogP contribution in [0.15, 0.2) is 18.2 Å². The van der Waals surface area contributed by atoms with Gasteiger partial charge in [0.1, 0.15) is 0 Å². The summed E-state index contributed by atoms with van der Waals surface area (Å²) in [5.41, 5.74) is 0.844. The van der Waals surface area contributed by atoms with Crippen LogP contribution in [0.3, 0.4) is 0 Å². The number of hydrogen-bond donors (Lipinski definition) is 0. The molecule has 108 valence electrons. The zero-order chi connectivity index (χ0) is 14.4. The van der Waals surface area contributed by atoms with Crippen LogP contribution in [0.4, 0.5) is 0 Å². The summed E-state index contributed by atoms with van der Waals surface area (Å²) in [7, 11) is 3.61. The lowest BCUT2D eigenvalue weighted by Crippen LogP contribution is -2.39. The SMILES string of the molecule is COCC(C(Cl)c1ccc(Cl)cc1Cl)N(C)CCCl. The van der Waals surface area contributed by atoms with Gasteiger partial charge in [0, 0.05) is 29.6 Å². The minimum atomic E-state index is -0.294. The number of rotatable bonds is 7. The molecule has 0 aliphatic rings. The zero-order valence-corrected chi connectivity index (χ0v) is 13.9. The summed E-state index contributed by atoms with van der Waals surface area (Å²) in [6, 6.07) is 5.31. The van der Waals surface area contributed by atoms with Crippen molar-refractivity contribution in [1.82, 2.24) is 4.90 Å². The Kier molecular flexibility index (Phi) is 7.81. The molecule has 0 amide bonds. The first-order valence-electron chi connectivity index (χ1n) is 5.85. The number of halogens is 4. The molecule has 0 aliphatic carbocycles.